The first-order valence-electron chi connectivity index (χ1n) is 10.1. The summed E-state index contributed by atoms with van der Waals surface area (Å²) in [5, 5.41) is 3.55. The first-order valence-corrected chi connectivity index (χ1v) is 12.3. The van der Waals surface area contributed by atoms with E-state index in [1.54, 1.807) is 17.9 Å². The standard InChI is InChI=1S/C20H24N4O5S2/c1-4-16-19(25)22-15-11-14(5-6-17(15)29-16)31(27,28)24-9-7-23(8-10-24)20(26)18-12(2)21-13(3)30-18/h5-6,11,16H,4,7-10H2,1-3H3,(H,22,25). The highest BCUT2D eigenvalue weighted by Gasteiger charge is 2.33. The summed E-state index contributed by atoms with van der Waals surface area (Å²) in [6.07, 6.45) is -0.0545. The van der Waals surface area contributed by atoms with Crippen molar-refractivity contribution < 1.29 is 22.7 Å². The Hall–Kier alpha value is -2.50. The van der Waals surface area contributed by atoms with Crippen LogP contribution in [-0.2, 0) is 14.8 Å². The monoisotopic (exact) mass is 464 g/mol. The Labute approximate surface area is 185 Å². The van der Waals surface area contributed by atoms with Gasteiger partial charge in [0.05, 0.1) is 21.3 Å². The van der Waals surface area contributed by atoms with E-state index in [1.807, 2.05) is 13.8 Å². The van der Waals surface area contributed by atoms with Crippen LogP contribution >= 0.6 is 11.3 Å². The smallest absolute Gasteiger partial charge is 0.265 e. The molecule has 2 aromatic rings. The van der Waals surface area contributed by atoms with Gasteiger partial charge in [0.25, 0.3) is 11.8 Å². The Morgan fingerprint density at radius 2 is 1.97 bits per heavy atom. The molecule has 1 saturated heterocycles. The highest BCUT2D eigenvalue weighted by atomic mass is 32.2. The first-order chi connectivity index (χ1) is 14.7. The minimum Gasteiger partial charge on any atom is -0.478 e. The van der Waals surface area contributed by atoms with Crippen LogP contribution in [0.1, 0.15) is 33.7 Å². The molecule has 31 heavy (non-hydrogen) atoms. The highest BCUT2D eigenvalue weighted by molar-refractivity contribution is 7.89. The number of ether oxygens (including phenoxy) is 1. The average molecular weight is 465 g/mol. The molecule has 1 aromatic heterocycles. The van der Waals surface area contributed by atoms with Crippen LogP contribution < -0.4 is 10.1 Å². The van der Waals surface area contributed by atoms with Gasteiger partial charge in [-0.05, 0) is 38.5 Å². The molecule has 1 atom stereocenters. The maximum Gasteiger partial charge on any atom is 0.265 e. The first kappa shape index (κ1) is 21.7. The summed E-state index contributed by atoms with van der Waals surface area (Å²) in [5.74, 6) is 0.0561. The van der Waals surface area contributed by atoms with Gasteiger partial charge in [-0.1, -0.05) is 6.92 Å². The number of nitrogens with one attached hydrogen (secondary N) is 1. The van der Waals surface area contributed by atoms with Gasteiger partial charge in [-0.15, -0.1) is 11.3 Å². The van der Waals surface area contributed by atoms with Crippen LogP contribution in [0.3, 0.4) is 0 Å². The lowest BCUT2D eigenvalue weighted by molar-refractivity contribution is -0.123. The number of aromatic nitrogens is 1. The molecule has 1 unspecified atom stereocenters. The third-order valence-corrected chi connectivity index (χ3v) is 8.36. The number of hydrogen-bond donors (Lipinski definition) is 1. The van der Waals surface area contributed by atoms with Crippen LogP contribution in [0.15, 0.2) is 23.1 Å². The minimum atomic E-state index is -3.77. The predicted molar refractivity (Wildman–Crippen MR) is 116 cm³/mol. The number of fused-ring (bicyclic) bond motifs is 1. The van der Waals surface area contributed by atoms with Gasteiger partial charge in [-0.2, -0.15) is 4.31 Å². The quantitative estimate of drug-likeness (QED) is 0.742. The fourth-order valence-electron chi connectivity index (χ4n) is 3.71. The molecule has 0 saturated carbocycles. The number of carbonyl (C=O) groups excluding carboxylic acids is 2. The number of aryl methyl sites for hydroxylation is 2. The van der Waals surface area contributed by atoms with Crippen molar-refractivity contribution in [1.82, 2.24) is 14.2 Å². The molecule has 0 radical (unpaired) electrons. The van der Waals surface area contributed by atoms with E-state index in [2.05, 4.69) is 10.3 Å². The maximum absolute atomic E-state index is 13.1. The molecule has 2 aliphatic rings. The fraction of sp³-hybridized carbons (Fsp3) is 0.450. The van der Waals surface area contributed by atoms with Crippen LogP contribution in [0, 0.1) is 13.8 Å². The van der Waals surface area contributed by atoms with E-state index in [0.29, 0.717) is 41.5 Å². The molecule has 0 spiro atoms. The molecule has 0 bridgehead atoms. The molecular weight excluding hydrogens is 440 g/mol. The van der Waals surface area contributed by atoms with Gasteiger partial charge < -0.3 is 15.0 Å². The van der Waals surface area contributed by atoms with Gasteiger partial charge >= 0.3 is 0 Å². The SMILES string of the molecule is CCC1Oc2ccc(S(=O)(=O)N3CCN(C(=O)c4sc(C)nc4C)CC3)cc2NC1=O. The normalized spacial score (nSPS) is 19.5. The van der Waals surface area contributed by atoms with Gasteiger partial charge in [0.2, 0.25) is 10.0 Å². The summed E-state index contributed by atoms with van der Waals surface area (Å²) in [5.41, 5.74) is 1.05. The number of amides is 2. The van der Waals surface area contributed by atoms with Crippen molar-refractivity contribution in [2.75, 3.05) is 31.5 Å². The summed E-state index contributed by atoms with van der Waals surface area (Å²) in [7, 11) is -3.77. The second kappa shape index (κ2) is 8.21. The van der Waals surface area contributed by atoms with Crippen LogP contribution in [0.25, 0.3) is 0 Å². The van der Waals surface area contributed by atoms with Gasteiger partial charge in [0.1, 0.15) is 10.6 Å². The Morgan fingerprint density at radius 3 is 2.58 bits per heavy atom. The van der Waals surface area contributed by atoms with Crippen LogP contribution in [0.2, 0.25) is 0 Å². The lowest BCUT2D eigenvalue weighted by atomic mass is 10.2. The molecule has 4 rings (SSSR count). The fourth-order valence-corrected chi connectivity index (χ4v) is 6.05. The van der Waals surface area contributed by atoms with Crippen LogP contribution in [0.4, 0.5) is 5.69 Å². The number of carbonyl (C=O) groups is 2. The van der Waals surface area contributed by atoms with E-state index in [0.717, 1.165) is 5.01 Å². The van der Waals surface area contributed by atoms with E-state index in [1.165, 1.54) is 27.8 Å². The van der Waals surface area contributed by atoms with Gasteiger partial charge in [0, 0.05) is 26.2 Å². The Morgan fingerprint density at radius 1 is 1.26 bits per heavy atom. The molecular formula is C20H24N4O5S2. The zero-order chi connectivity index (χ0) is 22.3. The molecule has 1 aromatic carbocycles. The topological polar surface area (TPSA) is 109 Å². The van der Waals surface area contributed by atoms with Gasteiger partial charge in [0.15, 0.2) is 6.10 Å². The summed E-state index contributed by atoms with van der Waals surface area (Å²) in [4.78, 5) is 31.5. The molecule has 1 fully saturated rings. The molecule has 11 heteroatoms. The lowest BCUT2D eigenvalue weighted by Gasteiger charge is -2.34. The number of hydrogen-bond acceptors (Lipinski definition) is 7. The summed E-state index contributed by atoms with van der Waals surface area (Å²) >= 11 is 1.35. The van der Waals surface area contributed by atoms with Crippen molar-refractivity contribution in [1.29, 1.82) is 0 Å². The lowest BCUT2D eigenvalue weighted by Crippen LogP contribution is -2.50. The summed E-state index contributed by atoms with van der Waals surface area (Å²) in [6, 6.07) is 4.48. The van der Waals surface area contributed by atoms with Crippen molar-refractivity contribution in [2.24, 2.45) is 0 Å². The number of rotatable bonds is 4. The van der Waals surface area contributed by atoms with E-state index in [-0.39, 0.29) is 29.8 Å². The number of nitrogens with zero attached hydrogens (tertiary/aromatic N) is 3. The zero-order valence-electron chi connectivity index (χ0n) is 17.5. The Kier molecular flexibility index (Phi) is 5.75. The Bertz CT molecular complexity index is 1140. The van der Waals surface area contributed by atoms with Crippen molar-refractivity contribution in [2.45, 2.75) is 38.2 Å². The third-order valence-electron chi connectivity index (χ3n) is 5.40. The van der Waals surface area contributed by atoms with Crippen molar-refractivity contribution >= 4 is 38.9 Å². The molecule has 3 heterocycles. The van der Waals surface area contributed by atoms with E-state index < -0.39 is 16.1 Å². The molecule has 9 nitrogen and oxygen atoms in total. The van der Waals surface area contributed by atoms with Crippen LogP contribution in [0.5, 0.6) is 5.75 Å². The van der Waals surface area contributed by atoms with Crippen molar-refractivity contribution in [3.63, 3.8) is 0 Å². The largest absolute Gasteiger partial charge is 0.478 e. The third kappa shape index (κ3) is 4.04. The zero-order valence-corrected chi connectivity index (χ0v) is 19.2. The van der Waals surface area contributed by atoms with Crippen molar-refractivity contribution in [3.05, 3.63) is 33.8 Å². The second-order valence-electron chi connectivity index (χ2n) is 7.51. The van der Waals surface area contributed by atoms with E-state index in [9.17, 15) is 18.0 Å². The van der Waals surface area contributed by atoms with Gasteiger partial charge in [-0.25, -0.2) is 13.4 Å². The minimum absolute atomic E-state index is 0.0822. The number of thiazole rings is 1. The van der Waals surface area contributed by atoms with Gasteiger partial charge in [-0.3, -0.25) is 9.59 Å². The highest BCUT2D eigenvalue weighted by Crippen LogP contribution is 2.33. The maximum atomic E-state index is 13.1. The van der Waals surface area contributed by atoms with E-state index >= 15 is 0 Å². The number of anilines is 1. The van der Waals surface area contributed by atoms with Crippen LogP contribution in [-0.4, -0.2) is 66.7 Å². The summed E-state index contributed by atoms with van der Waals surface area (Å²) in [6.45, 7) is 6.50. The van der Waals surface area contributed by atoms with E-state index in [4.69, 9.17) is 4.74 Å². The molecule has 2 amide bonds. The number of piperazine rings is 1. The van der Waals surface area contributed by atoms with Crippen molar-refractivity contribution in [3.8, 4) is 5.75 Å². The molecule has 166 valence electrons. The number of benzene rings is 1. The molecule has 0 aliphatic carbocycles. The second-order valence-corrected chi connectivity index (χ2v) is 10.6. The molecule has 2 aliphatic heterocycles. The Balaban J connectivity index is 1.47. The molecule has 1 N–H and O–H groups in total. The predicted octanol–water partition coefficient (Wildman–Crippen LogP) is 2.02. The number of sulfonamides is 1. The summed E-state index contributed by atoms with van der Waals surface area (Å²) < 4.78 is 33.3. The average Bonchev–Trinajstić information content (AvgIpc) is 3.10.